The van der Waals surface area contributed by atoms with Gasteiger partial charge in [0.05, 0.1) is 10.5 Å². The Morgan fingerprint density at radius 2 is 1.95 bits per heavy atom. The van der Waals surface area contributed by atoms with Crippen LogP contribution in [-0.2, 0) is 10.0 Å². The zero-order chi connectivity index (χ0) is 14.6. The minimum atomic E-state index is -3.70. The molecular weight excluding hydrogens is 268 g/mol. The summed E-state index contributed by atoms with van der Waals surface area (Å²) in [6, 6.07) is 2.75. The van der Waals surface area contributed by atoms with Crippen molar-refractivity contribution >= 4 is 16.0 Å². The monoisotopic (exact) mass is 286 g/mol. The number of carboxylic acids is 1. The van der Waals surface area contributed by atoms with Gasteiger partial charge in [-0.1, -0.05) is 6.07 Å². The van der Waals surface area contributed by atoms with E-state index in [2.05, 4.69) is 4.72 Å². The maximum absolute atomic E-state index is 12.1. The second-order valence-corrected chi connectivity index (χ2v) is 6.01. The standard InChI is InChI=1S/C12H18N2O4S/c1-8-6-9(2)11(7-10(8)12(15)16)19(17,18)14-5-3-4-13/h6-7,14H,3-5,13H2,1-2H3,(H,15,16). The van der Waals surface area contributed by atoms with Crippen LogP contribution in [0.4, 0.5) is 0 Å². The molecule has 0 fully saturated rings. The average molecular weight is 286 g/mol. The Morgan fingerprint density at radius 1 is 1.32 bits per heavy atom. The highest BCUT2D eigenvalue weighted by Gasteiger charge is 2.20. The molecule has 7 heteroatoms. The van der Waals surface area contributed by atoms with Crippen molar-refractivity contribution in [2.75, 3.05) is 13.1 Å². The molecule has 0 radical (unpaired) electrons. The number of nitrogens with two attached hydrogens (primary N) is 1. The van der Waals surface area contributed by atoms with Crippen LogP contribution in [0.5, 0.6) is 0 Å². The summed E-state index contributed by atoms with van der Waals surface area (Å²) in [6.07, 6.45) is 0.524. The number of benzene rings is 1. The number of sulfonamides is 1. The Hall–Kier alpha value is -1.44. The maximum atomic E-state index is 12.1. The Labute approximate surface area is 112 Å². The van der Waals surface area contributed by atoms with Gasteiger partial charge in [0.15, 0.2) is 0 Å². The number of hydrogen-bond acceptors (Lipinski definition) is 4. The molecule has 0 aliphatic heterocycles. The molecule has 19 heavy (non-hydrogen) atoms. The Kier molecular flexibility index (Phi) is 5.04. The maximum Gasteiger partial charge on any atom is 0.335 e. The smallest absolute Gasteiger partial charge is 0.335 e. The molecule has 0 amide bonds. The molecule has 1 aromatic rings. The van der Waals surface area contributed by atoms with Gasteiger partial charge in [0.1, 0.15) is 0 Å². The third-order valence-electron chi connectivity index (χ3n) is 2.71. The van der Waals surface area contributed by atoms with Crippen molar-refractivity contribution in [1.29, 1.82) is 0 Å². The van der Waals surface area contributed by atoms with E-state index in [0.717, 1.165) is 0 Å². The van der Waals surface area contributed by atoms with E-state index >= 15 is 0 Å². The lowest BCUT2D eigenvalue weighted by atomic mass is 10.1. The molecule has 1 aromatic carbocycles. The molecule has 0 saturated heterocycles. The SMILES string of the molecule is Cc1cc(C)c(S(=O)(=O)NCCCN)cc1C(=O)O. The van der Waals surface area contributed by atoms with Crippen LogP contribution >= 0.6 is 0 Å². The predicted octanol–water partition coefficient (Wildman–Crippen LogP) is 0.629. The lowest BCUT2D eigenvalue weighted by Crippen LogP contribution is -2.27. The first-order chi connectivity index (χ1) is 8.79. The van der Waals surface area contributed by atoms with Crippen LogP contribution in [0.3, 0.4) is 0 Å². The second-order valence-electron chi connectivity index (χ2n) is 4.28. The van der Waals surface area contributed by atoms with Gasteiger partial charge >= 0.3 is 5.97 Å². The fourth-order valence-electron chi connectivity index (χ4n) is 1.74. The number of rotatable bonds is 6. The van der Waals surface area contributed by atoms with Gasteiger partial charge in [-0.05, 0) is 44.0 Å². The third kappa shape index (κ3) is 3.76. The number of carbonyl (C=O) groups is 1. The van der Waals surface area contributed by atoms with Gasteiger partial charge in [-0.15, -0.1) is 0 Å². The average Bonchev–Trinajstić information content (AvgIpc) is 2.28. The van der Waals surface area contributed by atoms with Gasteiger partial charge in [-0.3, -0.25) is 0 Å². The summed E-state index contributed by atoms with van der Waals surface area (Å²) in [6.45, 7) is 3.88. The molecule has 0 heterocycles. The molecule has 0 atom stereocenters. The molecule has 4 N–H and O–H groups in total. The highest BCUT2D eigenvalue weighted by atomic mass is 32.2. The number of carboxylic acid groups (broad SMARTS) is 1. The third-order valence-corrected chi connectivity index (χ3v) is 4.32. The number of aromatic carboxylic acids is 1. The minimum Gasteiger partial charge on any atom is -0.478 e. The first kappa shape index (κ1) is 15.6. The molecule has 0 saturated carbocycles. The van der Waals surface area contributed by atoms with Gasteiger partial charge < -0.3 is 10.8 Å². The summed E-state index contributed by atoms with van der Waals surface area (Å²) in [7, 11) is -3.70. The molecule has 0 aromatic heterocycles. The van der Waals surface area contributed by atoms with Gasteiger partial charge in [0.25, 0.3) is 0 Å². The Bertz CT molecular complexity index is 582. The highest BCUT2D eigenvalue weighted by Crippen LogP contribution is 2.20. The molecular formula is C12H18N2O4S. The molecule has 0 unspecified atom stereocenters. The first-order valence-corrected chi connectivity index (χ1v) is 7.32. The van der Waals surface area contributed by atoms with Crippen LogP contribution in [0.2, 0.25) is 0 Å². The highest BCUT2D eigenvalue weighted by molar-refractivity contribution is 7.89. The van der Waals surface area contributed by atoms with Crippen molar-refractivity contribution in [2.45, 2.75) is 25.2 Å². The summed E-state index contributed by atoms with van der Waals surface area (Å²) >= 11 is 0. The number of nitrogens with one attached hydrogen (secondary N) is 1. The number of aryl methyl sites for hydroxylation is 2. The number of hydrogen-bond donors (Lipinski definition) is 3. The van der Waals surface area contributed by atoms with E-state index in [1.807, 2.05) is 0 Å². The van der Waals surface area contributed by atoms with Crippen molar-refractivity contribution in [3.63, 3.8) is 0 Å². The van der Waals surface area contributed by atoms with E-state index in [1.54, 1.807) is 19.9 Å². The molecule has 0 spiro atoms. The van der Waals surface area contributed by atoms with Crippen molar-refractivity contribution in [1.82, 2.24) is 4.72 Å². The van der Waals surface area contributed by atoms with Crippen LogP contribution < -0.4 is 10.5 Å². The lowest BCUT2D eigenvalue weighted by molar-refractivity contribution is 0.0696. The lowest BCUT2D eigenvalue weighted by Gasteiger charge is -2.11. The van der Waals surface area contributed by atoms with Crippen molar-refractivity contribution in [2.24, 2.45) is 5.73 Å². The predicted molar refractivity (Wildman–Crippen MR) is 71.7 cm³/mol. The summed E-state index contributed by atoms with van der Waals surface area (Å²) in [4.78, 5) is 11.0. The van der Waals surface area contributed by atoms with E-state index in [-0.39, 0.29) is 17.0 Å². The largest absolute Gasteiger partial charge is 0.478 e. The van der Waals surface area contributed by atoms with Crippen LogP contribution in [0, 0.1) is 13.8 Å². The Balaban J connectivity index is 3.19. The summed E-state index contributed by atoms with van der Waals surface area (Å²) in [5.41, 5.74) is 6.34. The fraction of sp³-hybridized carbons (Fsp3) is 0.417. The van der Waals surface area contributed by atoms with Gasteiger partial charge in [-0.25, -0.2) is 17.9 Å². The summed E-state index contributed by atoms with van der Waals surface area (Å²) in [5, 5.41) is 9.03. The van der Waals surface area contributed by atoms with Crippen molar-refractivity contribution in [3.8, 4) is 0 Å². The minimum absolute atomic E-state index is 0.00692. The zero-order valence-corrected chi connectivity index (χ0v) is 11.8. The summed E-state index contributed by atoms with van der Waals surface area (Å²) < 4.78 is 26.5. The Morgan fingerprint density at radius 3 is 2.47 bits per heavy atom. The van der Waals surface area contributed by atoms with Gasteiger partial charge in [0.2, 0.25) is 10.0 Å². The van der Waals surface area contributed by atoms with Crippen LogP contribution in [0.25, 0.3) is 0 Å². The van der Waals surface area contributed by atoms with E-state index in [0.29, 0.717) is 24.1 Å². The quantitative estimate of drug-likeness (QED) is 0.664. The fourth-order valence-corrected chi connectivity index (χ4v) is 3.06. The second kappa shape index (κ2) is 6.14. The summed E-state index contributed by atoms with van der Waals surface area (Å²) in [5.74, 6) is -1.14. The van der Waals surface area contributed by atoms with Gasteiger partial charge in [0, 0.05) is 6.54 Å². The van der Waals surface area contributed by atoms with E-state index in [9.17, 15) is 13.2 Å². The molecule has 106 valence electrons. The molecule has 0 bridgehead atoms. The van der Waals surface area contributed by atoms with E-state index < -0.39 is 16.0 Å². The first-order valence-electron chi connectivity index (χ1n) is 5.84. The van der Waals surface area contributed by atoms with Gasteiger partial charge in [-0.2, -0.15) is 0 Å². The van der Waals surface area contributed by atoms with Crippen LogP contribution in [0.1, 0.15) is 27.9 Å². The van der Waals surface area contributed by atoms with Crippen LogP contribution in [-0.4, -0.2) is 32.6 Å². The van der Waals surface area contributed by atoms with Crippen molar-refractivity contribution < 1.29 is 18.3 Å². The molecule has 1 rings (SSSR count). The molecule has 0 aliphatic rings. The molecule has 0 aliphatic carbocycles. The zero-order valence-electron chi connectivity index (χ0n) is 10.9. The normalized spacial score (nSPS) is 11.5. The molecule has 6 nitrogen and oxygen atoms in total. The van der Waals surface area contributed by atoms with Crippen LogP contribution in [0.15, 0.2) is 17.0 Å². The topological polar surface area (TPSA) is 109 Å². The van der Waals surface area contributed by atoms with E-state index in [1.165, 1.54) is 6.07 Å². The van der Waals surface area contributed by atoms with E-state index in [4.69, 9.17) is 10.8 Å². The van der Waals surface area contributed by atoms with Crippen molar-refractivity contribution in [3.05, 3.63) is 28.8 Å².